The van der Waals surface area contributed by atoms with Crippen molar-refractivity contribution in [3.05, 3.63) is 41.0 Å². The zero-order chi connectivity index (χ0) is 12.3. The predicted octanol–water partition coefficient (Wildman–Crippen LogP) is 3.99. The molecule has 0 heterocycles. The Morgan fingerprint density at radius 2 is 2.29 bits per heavy atom. The van der Waals surface area contributed by atoms with E-state index in [4.69, 9.17) is 11.6 Å². The molecule has 0 amide bonds. The summed E-state index contributed by atoms with van der Waals surface area (Å²) in [4.78, 5) is 11.9. The van der Waals surface area contributed by atoms with Gasteiger partial charge >= 0.3 is 0 Å². The minimum Gasteiger partial charge on any atom is -0.293 e. The molecule has 1 atom stereocenters. The molecule has 1 aromatic rings. The molecule has 1 unspecified atom stereocenters. The summed E-state index contributed by atoms with van der Waals surface area (Å²) in [5.74, 6) is 0.111. The molecule has 0 radical (unpaired) electrons. The van der Waals surface area contributed by atoms with Crippen LogP contribution in [-0.4, -0.2) is 11.2 Å². The average molecular weight is 249 g/mol. The van der Waals surface area contributed by atoms with E-state index in [-0.39, 0.29) is 11.2 Å². The third-order valence-electron chi connectivity index (χ3n) is 3.20. The first-order valence-electron chi connectivity index (χ1n) is 6.18. The fourth-order valence-corrected chi connectivity index (χ4v) is 2.47. The summed E-state index contributed by atoms with van der Waals surface area (Å²) in [5.41, 5.74) is 3.29. The van der Waals surface area contributed by atoms with Crippen LogP contribution in [0.1, 0.15) is 37.3 Å². The fourth-order valence-electron chi connectivity index (χ4n) is 2.17. The summed E-state index contributed by atoms with van der Waals surface area (Å²) in [6.45, 7) is 2.13. The molecule has 1 saturated carbocycles. The smallest absolute Gasteiger partial charge is 0.176 e. The lowest BCUT2D eigenvalue weighted by Gasteiger charge is -2.17. The molecule has 1 fully saturated rings. The topological polar surface area (TPSA) is 17.1 Å². The van der Waals surface area contributed by atoms with Crippen LogP contribution in [-0.2, 0) is 11.2 Å². The first-order valence-corrected chi connectivity index (χ1v) is 6.62. The van der Waals surface area contributed by atoms with Crippen LogP contribution in [0.5, 0.6) is 0 Å². The lowest BCUT2D eigenvalue weighted by molar-refractivity contribution is -0.116. The minimum atomic E-state index is -0.315. The number of ketones is 1. The van der Waals surface area contributed by atoms with E-state index in [9.17, 15) is 4.79 Å². The van der Waals surface area contributed by atoms with Crippen molar-refractivity contribution in [2.45, 2.75) is 38.0 Å². The van der Waals surface area contributed by atoms with Crippen molar-refractivity contribution in [3.8, 4) is 0 Å². The molecule has 2 rings (SSSR count). The molecule has 0 bridgehead atoms. The average Bonchev–Trinajstić information content (AvgIpc) is 2.35. The number of hydrogen-bond acceptors (Lipinski definition) is 1. The number of allylic oxidation sites excluding steroid dienone is 1. The van der Waals surface area contributed by atoms with E-state index in [0.29, 0.717) is 0 Å². The molecule has 0 aromatic heterocycles. The monoisotopic (exact) mass is 248 g/mol. The van der Waals surface area contributed by atoms with Gasteiger partial charge in [0.05, 0.1) is 5.38 Å². The highest BCUT2D eigenvalue weighted by atomic mass is 35.5. The number of halogens is 1. The van der Waals surface area contributed by atoms with Crippen molar-refractivity contribution in [3.63, 3.8) is 0 Å². The van der Waals surface area contributed by atoms with Gasteiger partial charge in [-0.15, -0.1) is 11.6 Å². The van der Waals surface area contributed by atoms with Crippen molar-refractivity contribution in [1.82, 2.24) is 0 Å². The van der Waals surface area contributed by atoms with Gasteiger partial charge in [0.15, 0.2) is 5.78 Å². The van der Waals surface area contributed by atoms with E-state index in [1.807, 2.05) is 18.2 Å². The first-order chi connectivity index (χ1) is 8.20. The molecule has 1 aromatic carbocycles. The largest absolute Gasteiger partial charge is 0.293 e. The number of carbonyl (C=O) groups is 1. The first kappa shape index (κ1) is 12.4. The molecule has 0 aliphatic heterocycles. The standard InChI is InChI=1S/C15H17ClO/c1-2-11-5-3-6-12(9-11)10-13-7-4-8-14(16)15(13)17/h3,5-6,9-10,14H,2,4,7-8H2,1H3. The molecule has 1 nitrogen and oxygen atoms in total. The lowest BCUT2D eigenvalue weighted by Crippen LogP contribution is -2.21. The Hall–Kier alpha value is -1.08. The van der Waals surface area contributed by atoms with Crippen LogP contribution in [0.25, 0.3) is 6.08 Å². The fraction of sp³-hybridized carbons (Fsp3) is 0.400. The number of rotatable bonds is 2. The van der Waals surface area contributed by atoms with Gasteiger partial charge in [-0.1, -0.05) is 31.2 Å². The highest BCUT2D eigenvalue weighted by Crippen LogP contribution is 2.26. The van der Waals surface area contributed by atoms with E-state index in [0.717, 1.165) is 36.8 Å². The van der Waals surface area contributed by atoms with Gasteiger partial charge in [0.1, 0.15) is 0 Å². The number of Topliss-reactive ketones (excluding diaryl/α,β-unsaturated/α-hetero) is 1. The second-order valence-corrected chi connectivity index (χ2v) is 5.02. The third-order valence-corrected chi connectivity index (χ3v) is 3.62. The van der Waals surface area contributed by atoms with Crippen LogP contribution in [0.15, 0.2) is 29.8 Å². The molecule has 0 N–H and O–H groups in total. The van der Waals surface area contributed by atoms with Gasteiger partial charge in [-0.2, -0.15) is 0 Å². The van der Waals surface area contributed by atoms with Crippen molar-refractivity contribution >= 4 is 23.5 Å². The van der Waals surface area contributed by atoms with E-state index in [1.54, 1.807) is 0 Å². The maximum Gasteiger partial charge on any atom is 0.176 e. The van der Waals surface area contributed by atoms with Gasteiger partial charge in [-0.05, 0) is 48.5 Å². The van der Waals surface area contributed by atoms with Crippen LogP contribution >= 0.6 is 11.6 Å². The number of alkyl halides is 1. The quantitative estimate of drug-likeness (QED) is 0.571. The number of carbonyl (C=O) groups excluding carboxylic acids is 1. The maximum atomic E-state index is 11.9. The van der Waals surface area contributed by atoms with E-state index in [1.165, 1.54) is 5.56 Å². The van der Waals surface area contributed by atoms with Gasteiger partial charge in [-0.25, -0.2) is 0 Å². The second-order valence-electron chi connectivity index (χ2n) is 4.49. The van der Waals surface area contributed by atoms with E-state index >= 15 is 0 Å². The van der Waals surface area contributed by atoms with Crippen LogP contribution in [0, 0.1) is 0 Å². The van der Waals surface area contributed by atoms with Crippen molar-refractivity contribution in [1.29, 1.82) is 0 Å². The molecule has 17 heavy (non-hydrogen) atoms. The Bertz CT molecular complexity index is 448. The zero-order valence-electron chi connectivity index (χ0n) is 10.1. The van der Waals surface area contributed by atoms with Crippen LogP contribution in [0.3, 0.4) is 0 Å². The van der Waals surface area contributed by atoms with Crippen molar-refractivity contribution in [2.75, 3.05) is 0 Å². The summed E-state index contributed by atoms with van der Waals surface area (Å²) in [6.07, 6.45) is 5.70. The molecule has 90 valence electrons. The van der Waals surface area contributed by atoms with Crippen LogP contribution in [0.4, 0.5) is 0 Å². The predicted molar refractivity (Wildman–Crippen MR) is 72.3 cm³/mol. The van der Waals surface area contributed by atoms with Crippen molar-refractivity contribution < 1.29 is 4.79 Å². The summed E-state index contributed by atoms with van der Waals surface area (Å²) < 4.78 is 0. The zero-order valence-corrected chi connectivity index (χ0v) is 10.8. The Balaban J connectivity index is 2.25. The van der Waals surface area contributed by atoms with Gasteiger partial charge in [-0.3, -0.25) is 4.79 Å². The Morgan fingerprint density at radius 3 is 3.06 bits per heavy atom. The van der Waals surface area contributed by atoms with Gasteiger partial charge in [0.2, 0.25) is 0 Å². The Kier molecular flexibility index (Phi) is 4.01. The van der Waals surface area contributed by atoms with Crippen LogP contribution < -0.4 is 0 Å². The van der Waals surface area contributed by atoms with Crippen molar-refractivity contribution in [2.24, 2.45) is 0 Å². The third kappa shape index (κ3) is 2.98. The number of benzene rings is 1. The maximum absolute atomic E-state index is 11.9. The summed E-state index contributed by atoms with van der Waals surface area (Å²) in [7, 11) is 0. The Morgan fingerprint density at radius 1 is 1.47 bits per heavy atom. The number of hydrogen-bond donors (Lipinski definition) is 0. The number of aryl methyl sites for hydroxylation is 1. The second kappa shape index (κ2) is 5.50. The van der Waals surface area contributed by atoms with E-state index < -0.39 is 0 Å². The highest BCUT2D eigenvalue weighted by molar-refractivity contribution is 6.34. The molecule has 0 spiro atoms. The van der Waals surface area contributed by atoms with Gasteiger partial charge < -0.3 is 0 Å². The highest BCUT2D eigenvalue weighted by Gasteiger charge is 2.24. The van der Waals surface area contributed by atoms with Gasteiger partial charge in [0, 0.05) is 0 Å². The summed E-state index contributed by atoms with van der Waals surface area (Å²) in [5, 5.41) is -0.315. The summed E-state index contributed by atoms with van der Waals surface area (Å²) >= 11 is 6.00. The molecule has 1 aliphatic carbocycles. The molecule has 0 saturated heterocycles. The van der Waals surface area contributed by atoms with Gasteiger partial charge in [0.25, 0.3) is 0 Å². The normalized spacial score (nSPS) is 23.1. The SMILES string of the molecule is CCc1cccc(C=C2CCCC(Cl)C2=O)c1. The lowest BCUT2D eigenvalue weighted by atomic mass is 9.91. The molecular weight excluding hydrogens is 232 g/mol. The minimum absolute atomic E-state index is 0.111. The Labute approximate surface area is 107 Å². The van der Waals surface area contributed by atoms with Crippen LogP contribution in [0.2, 0.25) is 0 Å². The molecule has 2 heteroatoms. The molecular formula is C15H17ClO. The summed E-state index contributed by atoms with van der Waals surface area (Å²) in [6, 6.07) is 8.32. The molecule has 1 aliphatic rings. The van der Waals surface area contributed by atoms with E-state index in [2.05, 4.69) is 19.1 Å².